The van der Waals surface area contributed by atoms with E-state index in [0.29, 0.717) is 10.6 Å². The largest absolute Gasteiger partial charge is 0.477 e. The molecule has 0 fully saturated rings. The number of ether oxygens (including phenoxy) is 2. The van der Waals surface area contributed by atoms with E-state index in [1.807, 2.05) is 0 Å². The number of halogens is 5. The van der Waals surface area contributed by atoms with E-state index in [0.717, 1.165) is 12.1 Å². The monoisotopic (exact) mass is 418 g/mol. The fraction of sp³-hybridized carbons (Fsp3) is 0.222. The molecule has 0 atom stereocenters. The van der Waals surface area contributed by atoms with Crippen LogP contribution in [-0.2, 0) is 4.74 Å². The predicted octanol–water partition coefficient (Wildman–Crippen LogP) is 5.59. The van der Waals surface area contributed by atoms with E-state index < -0.39 is 24.3 Å². The molecule has 0 saturated carbocycles. The Labute approximate surface area is 162 Å². The second kappa shape index (κ2) is 9.41. The Balaban J connectivity index is 2.11. The Hall–Kier alpha value is -2.81. The molecule has 2 amide bonds. The van der Waals surface area contributed by atoms with Gasteiger partial charge in [-0.3, -0.25) is 0 Å². The first-order valence-electron chi connectivity index (χ1n) is 7.95. The quantitative estimate of drug-likeness (QED) is 0.378. The molecule has 2 aromatic rings. The molecule has 0 aliphatic heterocycles. The summed E-state index contributed by atoms with van der Waals surface area (Å²) < 4.78 is 59.3. The van der Waals surface area contributed by atoms with Crippen molar-refractivity contribution in [3.63, 3.8) is 0 Å². The van der Waals surface area contributed by atoms with Crippen LogP contribution in [0.2, 0.25) is 5.02 Å². The highest BCUT2D eigenvalue weighted by atomic mass is 35.5. The Morgan fingerprint density at radius 1 is 1.18 bits per heavy atom. The number of rotatable bonds is 6. The maximum Gasteiger partial charge on any atom is 0.461 e. The summed E-state index contributed by atoms with van der Waals surface area (Å²) in [6.07, 6.45) is -8.58. The molecule has 28 heavy (non-hydrogen) atoms. The molecule has 0 radical (unpaired) electrons. The maximum absolute atomic E-state index is 12.9. The molecule has 1 N–H and O–H groups in total. The van der Waals surface area contributed by atoms with Crippen LogP contribution in [0.25, 0.3) is 0 Å². The third-order valence-electron chi connectivity index (χ3n) is 3.20. The summed E-state index contributed by atoms with van der Waals surface area (Å²) in [5, 5.41) is 2.73. The number of nitrogens with zero attached hydrogens (tertiary/aromatic N) is 1. The number of carbonyl (C=O) groups excluding carboxylic acids is 1. The van der Waals surface area contributed by atoms with Gasteiger partial charge >= 0.3 is 18.6 Å². The van der Waals surface area contributed by atoms with Gasteiger partial charge in [-0.15, -0.1) is 0 Å². The van der Waals surface area contributed by atoms with Crippen LogP contribution in [0.3, 0.4) is 0 Å². The lowest BCUT2D eigenvalue weighted by molar-refractivity contribution is -0.253. The fourth-order valence-electron chi connectivity index (χ4n) is 1.99. The number of urea groups is 1. The molecule has 0 heterocycles. The van der Waals surface area contributed by atoms with Crippen LogP contribution in [-0.4, -0.2) is 31.1 Å². The first-order valence-corrected chi connectivity index (χ1v) is 8.33. The summed E-state index contributed by atoms with van der Waals surface area (Å²) in [5.74, 6) is -0.486. The minimum Gasteiger partial charge on any atom is -0.477 e. The molecule has 0 spiro atoms. The van der Waals surface area contributed by atoms with Gasteiger partial charge in [-0.05, 0) is 43.3 Å². The Morgan fingerprint density at radius 3 is 2.39 bits per heavy atom. The maximum atomic E-state index is 12.9. The van der Waals surface area contributed by atoms with Crippen molar-refractivity contribution in [1.29, 1.82) is 0 Å². The number of hydrogen-bond donors (Lipinski definition) is 1. The summed E-state index contributed by atoms with van der Waals surface area (Å²) in [6, 6.07) is 10.2. The summed E-state index contributed by atoms with van der Waals surface area (Å²) in [7, 11) is 0. The smallest absolute Gasteiger partial charge is 0.461 e. The minimum atomic E-state index is -4.61. The molecule has 0 saturated heterocycles. The normalized spacial score (nSPS) is 12.0. The molecule has 5 nitrogen and oxygen atoms in total. The van der Waals surface area contributed by atoms with Gasteiger partial charge in [-0.1, -0.05) is 23.7 Å². The lowest BCUT2D eigenvalue weighted by atomic mass is 10.2. The summed E-state index contributed by atoms with van der Waals surface area (Å²) >= 11 is 6.07. The van der Waals surface area contributed by atoms with Crippen LogP contribution >= 0.6 is 11.6 Å². The minimum absolute atomic E-state index is 0.00197. The zero-order valence-electron chi connectivity index (χ0n) is 14.5. The van der Waals surface area contributed by atoms with E-state index in [2.05, 4.69) is 15.0 Å². The van der Waals surface area contributed by atoms with Crippen LogP contribution in [0.5, 0.6) is 5.75 Å². The first-order chi connectivity index (χ1) is 13.2. The number of carbonyl (C=O) groups is 1. The summed E-state index contributed by atoms with van der Waals surface area (Å²) in [4.78, 5) is 15.9. The van der Waals surface area contributed by atoms with Gasteiger partial charge in [0.1, 0.15) is 5.75 Å². The Kier molecular flexibility index (Phi) is 7.22. The fourth-order valence-corrected chi connectivity index (χ4v) is 2.21. The van der Waals surface area contributed by atoms with Crippen molar-refractivity contribution in [1.82, 2.24) is 0 Å². The number of benzene rings is 2. The first kappa shape index (κ1) is 21.5. The van der Waals surface area contributed by atoms with Crippen LogP contribution in [0.4, 0.5) is 28.0 Å². The molecule has 2 aromatic carbocycles. The van der Waals surface area contributed by atoms with Crippen LogP contribution in [0.1, 0.15) is 12.5 Å². The molecular formula is C18H15ClF4N2O3. The van der Waals surface area contributed by atoms with Crippen molar-refractivity contribution in [3.8, 4) is 5.75 Å². The number of alkyl halides is 4. The van der Waals surface area contributed by atoms with Gasteiger partial charge in [0.2, 0.25) is 5.90 Å². The second-order valence-corrected chi connectivity index (χ2v) is 5.66. The number of nitrogens with one attached hydrogen (secondary N) is 1. The third kappa shape index (κ3) is 5.85. The van der Waals surface area contributed by atoms with Gasteiger partial charge < -0.3 is 14.8 Å². The highest BCUT2D eigenvalue weighted by Crippen LogP contribution is 2.28. The molecule has 0 aliphatic rings. The number of amides is 2. The van der Waals surface area contributed by atoms with Crippen LogP contribution < -0.4 is 10.1 Å². The van der Waals surface area contributed by atoms with Crippen molar-refractivity contribution in [2.24, 2.45) is 4.99 Å². The van der Waals surface area contributed by atoms with Gasteiger partial charge in [0.15, 0.2) is 0 Å². The van der Waals surface area contributed by atoms with Gasteiger partial charge in [0, 0.05) is 5.69 Å². The summed E-state index contributed by atoms with van der Waals surface area (Å²) in [5.41, 5.74) is 0.593. The molecule has 2 rings (SSSR count). The van der Waals surface area contributed by atoms with Crippen molar-refractivity contribution in [2.45, 2.75) is 19.5 Å². The molecule has 150 valence electrons. The zero-order chi connectivity index (χ0) is 20.7. The van der Waals surface area contributed by atoms with E-state index in [4.69, 9.17) is 16.3 Å². The van der Waals surface area contributed by atoms with Gasteiger partial charge in [0.25, 0.3) is 0 Å². The standard InChI is InChI=1S/C18H15ClF4N2O3/c1-2-27-15(13-5-3-4-6-14(13)19)25-17(26)24-11-7-9-12(10-8-11)28-18(22,23)16(20)21/h3-10,16H,2H2,1H3,(H,24,26). The number of anilines is 1. The van der Waals surface area contributed by atoms with Gasteiger partial charge in [-0.25, -0.2) is 4.79 Å². The average molecular weight is 419 g/mol. The third-order valence-corrected chi connectivity index (χ3v) is 3.53. The Bertz CT molecular complexity index is 845. The van der Waals surface area contributed by atoms with E-state index in [1.165, 1.54) is 12.1 Å². The van der Waals surface area contributed by atoms with Crippen molar-refractivity contribution in [2.75, 3.05) is 11.9 Å². The van der Waals surface area contributed by atoms with E-state index in [-0.39, 0.29) is 18.2 Å². The van der Waals surface area contributed by atoms with E-state index in [9.17, 15) is 22.4 Å². The number of aliphatic imine (C=N–C) groups is 1. The zero-order valence-corrected chi connectivity index (χ0v) is 15.2. The topological polar surface area (TPSA) is 59.9 Å². The lowest BCUT2D eigenvalue weighted by Gasteiger charge is -2.16. The summed E-state index contributed by atoms with van der Waals surface area (Å²) in [6.45, 7) is 1.94. The van der Waals surface area contributed by atoms with Crippen molar-refractivity contribution in [3.05, 3.63) is 59.1 Å². The average Bonchev–Trinajstić information content (AvgIpc) is 2.63. The molecular weight excluding hydrogens is 404 g/mol. The van der Waals surface area contributed by atoms with Gasteiger partial charge in [0.05, 0.1) is 17.2 Å². The van der Waals surface area contributed by atoms with Crippen molar-refractivity contribution < 1.29 is 31.8 Å². The van der Waals surface area contributed by atoms with E-state index >= 15 is 0 Å². The van der Waals surface area contributed by atoms with Crippen molar-refractivity contribution >= 4 is 29.2 Å². The number of hydrogen-bond acceptors (Lipinski definition) is 3. The highest BCUT2D eigenvalue weighted by Gasteiger charge is 2.43. The van der Waals surface area contributed by atoms with E-state index in [1.54, 1.807) is 31.2 Å². The van der Waals surface area contributed by atoms with Crippen LogP contribution in [0.15, 0.2) is 53.5 Å². The molecule has 0 unspecified atom stereocenters. The van der Waals surface area contributed by atoms with Crippen LogP contribution in [0, 0.1) is 0 Å². The molecule has 0 aliphatic carbocycles. The van der Waals surface area contributed by atoms with Gasteiger partial charge in [-0.2, -0.15) is 22.6 Å². The molecule has 0 aromatic heterocycles. The Morgan fingerprint density at radius 2 is 1.82 bits per heavy atom. The lowest BCUT2D eigenvalue weighted by Crippen LogP contribution is -2.33. The highest BCUT2D eigenvalue weighted by molar-refractivity contribution is 6.34. The predicted molar refractivity (Wildman–Crippen MR) is 96.7 cm³/mol. The molecule has 10 heteroatoms. The second-order valence-electron chi connectivity index (χ2n) is 5.25. The SMILES string of the molecule is CCOC(=NC(=O)Nc1ccc(OC(F)(F)C(F)F)cc1)c1ccccc1Cl. The molecule has 0 bridgehead atoms.